The molecule has 0 aromatic heterocycles. The lowest BCUT2D eigenvalue weighted by Crippen LogP contribution is -2.07. The van der Waals surface area contributed by atoms with Crippen LogP contribution in [0.2, 0.25) is 0 Å². The Morgan fingerprint density at radius 2 is 2.05 bits per heavy atom. The summed E-state index contributed by atoms with van der Waals surface area (Å²) in [4.78, 5) is 11.9. The van der Waals surface area contributed by atoms with Crippen molar-refractivity contribution >= 4 is 33.6 Å². The van der Waals surface area contributed by atoms with Gasteiger partial charge in [-0.2, -0.15) is 0 Å². The van der Waals surface area contributed by atoms with E-state index >= 15 is 0 Å². The van der Waals surface area contributed by atoms with Crippen LogP contribution < -0.4 is 10.1 Å². The van der Waals surface area contributed by atoms with Crippen molar-refractivity contribution in [1.82, 2.24) is 0 Å². The fraction of sp³-hybridized carbons (Fsp3) is 0.118. The van der Waals surface area contributed by atoms with Crippen LogP contribution in [0.4, 0.5) is 5.69 Å². The molecule has 2 aromatic carbocycles. The van der Waals surface area contributed by atoms with Gasteiger partial charge in [-0.05, 0) is 64.3 Å². The maximum atomic E-state index is 11.9. The first kappa shape index (κ1) is 15.3. The first-order valence-corrected chi connectivity index (χ1v) is 7.27. The van der Waals surface area contributed by atoms with Crippen LogP contribution in [-0.2, 0) is 4.79 Å². The molecule has 2 aromatic rings. The van der Waals surface area contributed by atoms with Gasteiger partial charge in [-0.15, -0.1) is 0 Å². The van der Waals surface area contributed by atoms with Gasteiger partial charge in [0.1, 0.15) is 5.75 Å². The van der Waals surface area contributed by atoms with Crippen LogP contribution in [0.15, 0.2) is 53.0 Å². The summed E-state index contributed by atoms with van der Waals surface area (Å²) in [6.45, 7) is 1.99. The Hall–Kier alpha value is -2.07. The van der Waals surface area contributed by atoms with Gasteiger partial charge in [-0.25, -0.2) is 0 Å². The summed E-state index contributed by atoms with van der Waals surface area (Å²) in [6.07, 6.45) is 3.27. The van der Waals surface area contributed by atoms with Crippen LogP contribution in [0.5, 0.6) is 5.75 Å². The number of carbonyl (C=O) groups excluding carboxylic acids is 1. The molecule has 0 saturated heterocycles. The lowest BCUT2D eigenvalue weighted by atomic mass is 10.2. The van der Waals surface area contributed by atoms with Crippen molar-refractivity contribution in [2.45, 2.75) is 6.92 Å². The number of hydrogen-bond donors (Lipinski definition) is 1. The van der Waals surface area contributed by atoms with Gasteiger partial charge in [-0.3, -0.25) is 4.79 Å². The van der Waals surface area contributed by atoms with Crippen molar-refractivity contribution in [3.05, 3.63) is 64.1 Å². The molecule has 2 rings (SSSR count). The molecule has 4 heteroatoms. The van der Waals surface area contributed by atoms with E-state index in [-0.39, 0.29) is 5.91 Å². The number of hydrogen-bond acceptors (Lipinski definition) is 2. The number of methoxy groups -OCH3 is 1. The van der Waals surface area contributed by atoms with E-state index in [1.807, 2.05) is 49.4 Å². The highest BCUT2D eigenvalue weighted by molar-refractivity contribution is 9.10. The SMILES string of the molecule is COc1ccc(C=CC(=O)Nc2cccc(C)c2)cc1Br. The first-order valence-electron chi connectivity index (χ1n) is 6.48. The maximum Gasteiger partial charge on any atom is 0.248 e. The van der Waals surface area contributed by atoms with Crippen LogP contribution in [0.3, 0.4) is 0 Å². The van der Waals surface area contributed by atoms with Gasteiger partial charge in [0.25, 0.3) is 0 Å². The van der Waals surface area contributed by atoms with Crippen LogP contribution in [0.25, 0.3) is 6.08 Å². The molecule has 1 N–H and O–H groups in total. The van der Waals surface area contributed by atoms with E-state index in [1.165, 1.54) is 6.08 Å². The average Bonchev–Trinajstić information content (AvgIpc) is 2.45. The molecule has 21 heavy (non-hydrogen) atoms. The molecule has 0 aliphatic heterocycles. The number of rotatable bonds is 4. The molecule has 0 unspecified atom stereocenters. The van der Waals surface area contributed by atoms with E-state index in [2.05, 4.69) is 21.2 Å². The summed E-state index contributed by atoms with van der Waals surface area (Å²) in [6, 6.07) is 13.3. The number of amides is 1. The van der Waals surface area contributed by atoms with Crippen molar-refractivity contribution in [3.8, 4) is 5.75 Å². The normalized spacial score (nSPS) is 10.6. The molecule has 0 saturated carbocycles. The van der Waals surface area contributed by atoms with Gasteiger partial charge in [0, 0.05) is 11.8 Å². The summed E-state index contributed by atoms with van der Waals surface area (Å²) in [5, 5.41) is 2.83. The van der Waals surface area contributed by atoms with E-state index in [9.17, 15) is 4.79 Å². The Bertz CT molecular complexity index is 680. The van der Waals surface area contributed by atoms with Crippen molar-refractivity contribution < 1.29 is 9.53 Å². The fourth-order valence-corrected chi connectivity index (χ4v) is 2.42. The fourth-order valence-electron chi connectivity index (χ4n) is 1.86. The summed E-state index contributed by atoms with van der Waals surface area (Å²) in [5.74, 6) is 0.601. The van der Waals surface area contributed by atoms with Gasteiger partial charge in [-0.1, -0.05) is 18.2 Å². The number of benzene rings is 2. The van der Waals surface area contributed by atoms with E-state index in [0.717, 1.165) is 27.0 Å². The lowest BCUT2D eigenvalue weighted by molar-refractivity contribution is -0.111. The number of anilines is 1. The molecule has 0 atom stereocenters. The molecule has 0 aliphatic rings. The highest BCUT2D eigenvalue weighted by Gasteiger charge is 2.01. The summed E-state index contributed by atoms with van der Waals surface area (Å²) in [5.41, 5.74) is 2.82. The molecule has 108 valence electrons. The molecule has 0 bridgehead atoms. The molecule has 0 aliphatic carbocycles. The van der Waals surface area contributed by atoms with Crippen molar-refractivity contribution in [3.63, 3.8) is 0 Å². The summed E-state index contributed by atoms with van der Waals surface area (Å²) >= 11 is 3.42. The number of ether oxygens (including phenoxy) is 1. The second kappa shape index (κ2) is 7.09. The zero-order valence-electron chi connectivity index (χ0n) is 11.9. The highest BCUT2D eigenvalue weighted by atomic mass is 79.9. The predicted molar refractivity (Wildman–Crippen MR) is 89.5 cm³/mol. The zero-order chi connectivity index (χ0) is 15.2. The second-order valence-electron chi connectivity index (χ2n) is 4.59. The molecule has 0 fully saturated rings. The van der Waals surface area contributed by atoms with Gasteiger partial charge >= 0.3 is 0 Å². The van der Waals surface area contributed by atoms with Crippen LogP contribution in [-0.4, -0.2) is 13.0 Å². The highest BCUT2D eigenvalue weighted by Crippen LogP contribution is 2.25. The molecule has 0 spiro atoms. The largest absolute Gasteiger partial charge is 0.496 e. The minimum atomic E-state index is -0.160. The standard InChI is InChI=1S/C17H16BrNO2/c1-12-4-3-5-14(10-12)19-17(20)9-7-13-6-8-16(21-2)15(18)11-13/h3-11H,1-2H3,(H,19,20). The maximum absolute atomic E-state index is 11.9. The monoisotopic (exact) mass is 345 g/mol. The molecule has 0 heterocycles. The molecule has 0 radical (unpaired) electrons. The van der Waals surface area contributed by atoms with Crippen LogP contribution in [0.1, 0.15) is 11.1 Å². The Kier molecular flexibility index (Phi) is 5.17. The minimum absolute atomic E-state index is 0.160. The molecular weight excluding hydrogens is 330 g/mol. The van der Waals surface area contributed by atoms with E-state index in [4.69, 9.17) is 4.74 Å². The second-order valence-corrected chi connectivity index (χ2v) is 5.44. The Labute approximate surface area is 132 Å². The first-order chi connectivity index (χ1) is 10.1. The van der Waals surface area contributed by atoms with E-state index < -0.39 is 0 Å². The van der Waals surface area contributed by atoms with Gasteiger partial charge < -0.3 is 10.1 Å². The lowest BCUT2D eigenvalue weighted by Gasteiger charge is -2.04. The molecular formula is C17H16BrNO2. The molecule has 1 amide bonds. The van der Waals surface area contributed by atoms with Crippen LogP contribution in [0, 0.1) is 6.92 Å². The minimum Gasteiger partial charge on any atom is -0.496 e. The van der Waals surface area contributed by atoms with Crippen molar-refractivity contribution in [2.75, 3.05) is 12.4 Å². The van der Waals surface area contributed by atoms with Gasteiger partial charge in [0.15, 0.2) is 0 Å². The van der Waals surface area contributed by atoms with Gasteiger partial charge in [0.2, 0.25) is 5.91 Å². The smallest absolute Gasteiger partial charge is 0.248 e. The number of aryl methyl sites for hydroxylation is 1. The summed E-state index contributed by atoms with van der Waals surface area (Å²) < 4.78 is 6.02. The third-order valence-electron chi connectivity index (χ3n) is 2.89. The Balaban J connectivity index is 2.03. The predicted octanol–water partition coefficient (Wildman–Crippen LogP) is 4.42. The van der Waals surface area contributed by atoms with Gasteiger partial charge in [0.05, 0.1) is 11.6 Å². The van der Waals surface area contributed by atoms with E-state index in [0.29, 0.717) is 0 Å². The van der Waals surface area contributed by atoms with E-state index in [1.54, 1.807) is 13.2 Å². The number of halogens is 1. The quantitative estimate of drug-likeness (QED) is 0.833. The van der Waals surface area contributed by atoms with Crippen molar-refractivity contribution in [1.29, 1.82) is 0 Å². The third-order valence-corrected chi connectivity index (χ3v) is 3.51. The number of nitrogens with one attached hydrogen (secondary N) is 1. The molecule has 3 nitrogen and oxygen atoms in total. The van der Waals surface area contributed by atoms with Crippen molar-refractivity contribution in [2.24, 2.45) is 0 Å². The Morgan fingerprint density at radius 3 is 2.71 bits per heavy atom. The average molecular weight is 346 g/mol. The van der Waals surface area contributed by atoms with Crippen LogP contribution >= 0.6 is 15.9 Å². The topological polar surface area (TPSA) is 38.3 Å². The zero-order valence-corrected chi connectivity index (χ0v) is 13.5. The third kappa shape index (κ3) is 4.46. The number of carbonyl (C=O) groups is 1. The Morgan fingerprint density at radius 1 is 1.24 bits per heavy atom. The summed E-state index contributed by atoms with van der Waals surface area (Å²) in [7, 11) is 1.62.